The molecular weight excluding hydrogens is 318 g/mol. The minimum absolute atomic E-state index is 0.0948. The van der Waals surface area contributed by atoms with Gasteiger partial charge in [0.25, 0.3) is 5.69 Å². The summed E-state index contributed by atoms with van der Waals surface area (Å²) in [6.45, 7) is 3.27. The van der Waals surface area contributed by atoms with Crippen LogP contribution in [0.1, 0.15) is 25.5 Å². The van der Waals surface area contributed by atoms with Gasteiger partial charge >= 0.3 is 12.0 Å². The Morgan fingerprint density at radius 3 is 2.54 bits per heavy atom. The Bertz CT molecular complexity index is 725. The van der Waals surface area contributed by atoms with Crippen LogP contribution in [-0.4, -0.2) is 34.8 Å². The maximum atomic E-state index is 12.3. The van der Waals surface area contributed by atoms with Crippen molar-refractivity contribution in [2.24, 2.45) is 0 Å². The van der Waals surface area contributed by atoms with Gasteiger partial charge in [-0.2, -0.15) is 0 Å². The van der Waals surface area contributed by atoms with E-state index in [-0.39, 0.29) is 23.6 Å². The van der Waals surface area contributed by atoms with Crippen molar-refractivity contribution in [2.45, 2.75) is 19.9 Å². The second-order valence-corrected chi connectivity index (χ2v) is 4.95. The van der Waals surface area contributed by atoms with Crippen molar-refractivity contribution in [3.8, 4) is 0 Å². The van der Waals surface area contributed by atoms with E-state index in [1.807, 2.05) is 0 Å². The lowest BCUT2D eigenvalue weighted by atomic mass is 9.94. The summed E-state index contributed by atoms with van der Waals surface area (Å²) in [6, 6.07) is 3.55. The molecule has 1 aliphatic heterocycles. The number of nitrogens with zero attached hydrogens (tertiary/aromatic N) is 2. The van der Waals surface area contributed by atoms with Crippen molar-refractivity contribution in [1.29, 1.82) is 0 Å². The molecule has 1 aromatic rings. The number of urea groups is 1. The lowest BCUT2D eigenvalue weighted by Crippen LogP contribution is -2.47. The zero-order chi connectivity index (χ0) is 17.9. The minimum Gasteiger partial charge on any atom is -0.463 e. The summed E-state index contributed by atoms with van der Waals surface area (Å²) < 4.78 is 4.99. The highest BCUT2D eigenvalue weighted by Gasteiger charge is 2.38. The van der Waals surface area contributed by atoms with E-state index in [2.05, 4.69) is 5.32 Å². The highest BCUT2D eigenvalue weighted by molar-refractivity contribution is 5.98. The molecular formula is C15H15N3O6. The molecule has 1 aromatic carbocycles. The van der Waals surface area contributed by atoms with Crippen molar-refractivity contribution in [1.82, 2.24) is 10.2 Å². The number of nitro benzene ring substituents is 1. The maximum Gasteiger partial charge on any atom is 0.338 e. The molecule has 0 unspecified atom stereocenters. The average molecular weight is 333 g/mol. The predicted molar refractivity (Wildman–Crippen MR) is 81.6 cm³/mol. The van der Waals surface area contributed by atoms with E-state index in [1.54, 1.807) is 6.92 Å². The van der Waals surface area contributed by atoms with E-state index in [0.717, 1.165) is 4.90 Å². The third-order valence-electron chi connectivity index (χ3n) is 3.51. The number of carbonyl (C=O) groups is 3. The number of hydrogen-bond acceptors (Lipinski definition) is 6. The van der Waals surface area contributed by atoms with Crippen LogP contribution >= 0.6 is 0 Å². The van der Waals surface area contributed by atoms with Crippen LogP contribution in [0.2, 0.25) is 0 Å². The Labute approximate surface area is 137 Å². The number of rotatable bonds is 5. The van der Waals surface area contributed by atoms with Gasteiger partial charge in [0, 0.05) is 17.8 Å². The molecule has 1 heterocycles. The van der Waals surface area contributed by atoms with Crippen LogP contribution in [0.5, 0.6) is 0 Å². The Morgan fingerprint density at radius 1 is 1.42 bits per heavy atom. The first kappa shape index (κ1) is 17.1. The van der Waals surface area contributed by atoms with E-state index in [1.165, 1.54) is 31.2 Å². The number of nitro groups is 1. The first-order valence-electron chi connectivity index (χ1n) is 7.07. The molecule has 0 saturated carbocycles. The van der Waals surface area contributed by atoms with Crippen LogP contribution in [0.3, 0.4) is 0 Å². The zero-order valence-electron chi connectivity index (χ0n) is 13.0. The molecule has 126 valence electrons. The van der Waals surface area contributed by atoms with E-state index >= 15 is 0 Å². The number of allylic oxidation sites excluding steroid dienone is 1. The fourth-order valence-corrected chi connectivity index (χ4v) is 2.44. The molecule has 0 spiro atoms. The summed E-state index contributed by atoms with van der Waals surface area (Å²) in [5, 5.41) is 13.2. The van der Waals surface area contributed by atoms with Crippen molar-refractivity contribution in [2.75, 3.05) is 6.61 Å². The summed E-state index contributed by atoms with van der Waals surface area (Å²) >= 11 is 0. The number of ether oxygens (including phenoxy) is 1. The van der Waals surface area contributed by atoms with Gasteiger partial charge in [0.05, 0.1) is 17.1 Å². The minimum atomic E-state index is -1.02. The van der Waals surface area contributed by atoms with Crippen LogP contribution in [0.15, 0.2) is 35.5 Å². The van der Waals surface area contributed by atoms with E-state index in [9.17, 15) is 24.5 Å². The van der Waals surface area contributed by atoms with Gasteiger partial charge in [-0.15, -0.1) is 0 Å². The smallest absolute Gasteiger partial charge is 0.338 e. The molecule has 2 rings (SSSR count). The van der Waals surface area contributed by atoms with Crippen molar-refractivity contribution < 1.29 is 24.0 Å². The van der Waals surface area contributed by atoms with Gasteiger partial charge in [-0.05, 0) is 31.5 Å². The topological polar surface area (TPSA) is 119 Å². The number of carbonyl (C=O) groups excluding carboxylic acids is 3. The van der Waals surface area contributed by atoms with Gasteiger partial charge < -0.3 is 10.1 Å². The largest absolute Gasteiger partial charge is 0.463 e. The van der Waals surface area contributed by atoms with Crippen molar-refractivity contribution in [3.63, 3.8) is 0 Å². The van der Waals surface area contributed by atoms with Gasteiger partial charge in [-0.3, -0.25) is 19.8 Å². The van der Waals surface area contributed by atoms with Gasteiger partial charge in [-0.25, -0.2) is 9.59 Å². The normalized spacial score (nSPS) is 17.3. The summed E-state index contributed by atoms with van der Waals surface area (Å²) in [7, 11) is 0. The number of nitrogens with one attached hydrogen (secondary N) is 1. The molecule has 0 radical (unpaired) electrons. The molecule has 0 aromatic heterocycles. The van der Waals surface area contributed by atoms with E-state index in [0.29, 0.717) is 12.0 Å². The fourth-order valence-electron chi connectivity index (χ4n) is 2.44. The second-order valence-electron chi connectivity index (χ2n) is 4.95. The number of non-ortho nitro benzene ring substituents is 1. The quantitative estimate of drug-likeness (QED) is 0.379. The van der Waals surface area contributed by atoms with E-state index in [4.69, 9.17) is 4.74 Å². The van der Waals surface area contributed by atoms with Crippen LogP contribution in [0.25, 0.3) is 0 Å². The summed E-state index contributed by atoms with van der Waals surface area (Å²) in [5.41, 5.74) is 0.595. The van der Waals surface area contributed by atoms with Gasteiger partial charge in [-0.1, -0.05) is 0 Å². The molecule has 24 heavy (non-hydrogen) atoms. The van der Waals surface area contributed by atoms with Crippen LogP contribution in [-0.2, 0) is 14.3 Å². The van der Waals surface area contributed by atoms with Crippen molar-refractivity contribution in [3.05, 3.63) is 51.2 Å². The third-order valence-corrected chi connectivity index (χ3v) is 3.51. The molecule has 0 fully saturated rings. The average Bonchev–Trinajstić information content (AvgIpc) is 2.54. The number of hydrogen-bond donors (Lipinski definition) is 1. The molecule has 3 amide bonds. The van der Waals surface area contributed by atoms with Gasteiger partial charge in [0.2, 0.25) is 6.41 Å². The lowest BCUT2D eigenvalue weighted by molar-refractivity contribution is -0.384. The first-order valence-corrected chi connectivity index (χ1v) is 7.07. The van der Waals surface area contributed by atoms with Gasteiger partial charge in [0.1, 0.15) is 6.04 Å². The van der Waals surface area contributed by atoms with E-state index < -0.39 is 23.0 Å². The monoisotopic (exact) mass is 333 g/mol. The zero-order valence-corrected chi connectivity index (χ0v) is 13.0. The Balaban J connectivity index is 2.55. The van der Waals surface area contributed by atoms with Crippen LogP contribution in [0, 0.1) is 10.1 Å². The Morgan fingerprint density at radius 2 is 2.04 bits per heavy atom. The summed E-state index contributed by atoms with van der Waals surface area (Å²) in [4.78, 5) is 46.6. The highest BCUT2D eigenvalue weighted by atomic mass is 16.6. The fraction of sp³-hybridized carbons (Fsp3) is 0.267. The number of benzene rings is 1. The third kappa shape index (κ3) is 3.09. The molecule has 9 heteroatoms. The summed E-state index contributed by atoms with van der Waals surface area (Å²) in [6.07, 6.45) is 0.299. The molecule has 0 saturated heterocycles. The Hall–Kier alpha value is -3.23. The number of esters is 1. The molecule has 1 N–H and O–H groups in total. The SMILES string of the molecule is CCOC(=O)C1=C(C)NC(=O)N(C=O)[C@H]1c1ccc([N+](=O)[O-])cc1. The predicted octanol–water partition coefficient (Wildman–Crippen LogP) is 1.65. The Kier molecular flexibility index (Phi) is 4.93. The van der Waals surface area contributed by atoms with Crippen LogP contribution < -0.4 is 5.32 Å². The second kappa shape index (κ2) is 6.90. The highest BCUT2D eigenvalue weighted by Crippen LogP contribution is 2.34. The van der Waals surface area contributed by atoms with Gasteiger partial charge in [0.15, 0.2) is 0 Å². The standard InChI is InChI=1S/C15H15N3O6/c1-3-24-14(20)12-9(2)16-15(21)17(8-19)13(12)10-4-6-11(7-5-10)18(22)23/h4-8,13H,3H2,1-2H3,(H,16,21)/t13-/m0/s1. The maximum absolute atomic E-state index is 12.3. The molecule has 0 bridgehead atoms. The lowest BCUT2D eigenvalue weighted by Gasteiger charge is -2.33. The van der Waals surface area contributed by atoms with Crippen LogP contribution in [0.4, 0.5) is 10.5 Å². The molecule has 1 atom stereocenters. The molecule has 1 aliphatic rings. The molecule has 0 aliphatic carbocycles. The van der Waals surface area contributed by atoms with Crippen molar-refractivity contribution >= 4 is 24.1 Å². The number of imide groups is 1. The number of amides is 3. The summed E-state index contributed by atoms with van der Waals surface area (Å²) in [5.74, 6) is -0.676. The molecule has 9 nitrogen and oxygen atoms in total. The first-order chi connectivity index (χ1) is 11.4.